The number of nitrogens with one attached hydrogen (secondary N) is 1. The summed E-state index contributed by atoms with van der Waals surface area (Å²) in [5, 5.41) is 3.61. The SMILES string of the molecule is C=CCCC1CCCCC(NCC)C1. The van der Waals surface area contributed by atoms with Crippen LogP contribution in [0.15, 0.2) is 12.7 Å². The fourth-order valence-corrected chi connectivity index (χ4v) is 2.55. The van der Waals surface area contributed by atoms with E-state index >= 15 is 0 Å². The summed E-state index contributed by atoms with van der Waals surface area (Å²) in [6, 6.07) is 0.789. The van der Waals surface area contributed by atoms with Crippen molar-refractivity contribution in [2.45, 2.75) is 57.9 Å². The Morgan fingerprint density at radius 3 is 2.86 bits per heavy atom. The average Bonchev–Trinajstić information content (AvgIpc) is 2.41. The lowest BCUT2D eigenvalue weighted by molar-refractivity contribution is 0.374. The van der Waals surface area contributed by atoms with Crippen molar-refractivity contribution in [1.29, 1.82) is 0 Å². The zero-order chi connectivity index (χ0) is 10.2. The Hall–Kier alpha value is -0.300. The first-order chi connectivity index (χ1) is 6.86. The summed E-state index contributed by atoms with van der Waals surface area (Å²) >= 11 is 0. The number of allylic oxidation sites excluding steroid dienone is 1. The summed E-state index contributed by atoms with van der Waals surface area (Å²) in [7, 11) is 0. The molecular weight excluding hydrogens is 170 g/mol. The van der Waals surface area contributed by atoms with Gasteiger partial charge in [-0.1, -0.05) is 32.3 Å². The number of hydrogen-bond acceptors (Lipinski definition) is 1. The van der Waals surface area contributed by atoms with E-state index < -0.39 is 0 Å². The van der Waals surface area contributed by atoms with Crippen LogP contribution in [-0.4, -0.2) is 12.6 Å². The van der Waals surface area contributed by atoms with E-state index in [0.29, 0.717) is 0 Å². The molecule has 1 nitrogen and oxygen atoms in total. The van der Waals surface area contributed by atoms with Crippen LogP contribution in [0.2, 0.25) is 0 Å². The van der Waals surface area contributed by atoms with Crippen LogP contribution in [0.1, 0.15) is 51.9 Å². The zero-order valence-corrected chi connectivity index (χ0v) is 9.60. The molecule has 0 aliphatic heterocycles. The van der Waals surface area contributed by atoms with Crippen LogP contribution in [-0.2, 0) is 0 Å². The molecule has 14 heavy (non-hydrogen) atoms. The van der Waals surface area contributed by atoms with Crippen molar-refractivity contribution in [3.05, 3.63) is 12.7 Å². The van der Waals surface area contributed by atoms with Gasteiger partial charge in [0.15, 0.2) is 0 Å². The molecular formula is C13H25N. The highest BCUT2D eigenvalue weighted by Gasteiger charge is 2.18. The number of rotatable bonds is 5. The first kappa shape index (κ1) is 11.8. The second-order valence-electron chi connectivity index (χ2n) is 4.51. The molecule has 1 N–H and O–H groups in total. The largest absolute Gasteiger partial charge is 0.314 e. The van der Waals surface area contributed by atoms with E-state index in [1.165, 1.54) is 44.9 Å². The molecule has 82 valence electrons. The van der Waals surface area contributed by atoms with Gasteiger partial charge in [-0.3, -0.25) is 0 Å². The van der Waals surface area contributed by atoms with E-state index in [-0.39, 0.29) is 0 Å². The summed E-state index contributed by atoms with van der Waals surface area (Å²) in [6.07, 6.45) is 11.7. The number of hydrogen-bond donors (Lipinski definition) is 1. The summed E-state index contributed by atoms with van der Waals surface area (Å²) in [4.78, 5) is 0. The van der Waals surface area contributed by atoms with E-state index in [1.54, 1.807) is 0 Å². The minimum absolute atomic E-state index is 0.789. The Morgan fingerprint density at radius 2 is 2.14 bits per heavy atom. The molecule has 2 unspecified atom stereocenters. The third kappa shape index (κ3) is 4.28. The topological polar surface area (TPSA) is 12.0 Å². The van der Waals surface area contributed by atoms with Crippen molar-refractivity contribution < 1.29 is 0 Å². The van der Waals surface area contributed by atoms with E-state index in [2.05, 4.69) is 24.9 Å². The fourth-order valence-electron chi connectivity index (χ4n) is 2.55. The molecule has 0 radical (unpaired) electrons. The molecule has 0 saturated heterocycles. The van der Waals surface area contributed by atoms with Gasteiger partial charge in [-0.15, -0.1) is 6.58 Å². The smallest absolute Gasteiger partial charge is 0.00695 e. The van der Waals surface area contributed by atoms with Crippen LogP contribution < -0.4 is 5.32 Å². The van der Waals surface area contributed by atoms with Crippen molar-refractivity contribution in [2.24, 2.45) is 5.92 Å². The molecule has 0 bridgehead atoms. The van der Waals surface area contributed by atoms with Gasteiger partial charge in [0.05, 0.1) is 0 Å². The molecule has 0 amide bonds. The van der Waals surface area contributed by atoms with Gasteiger partial charge in [0.25, 0.3) is 0 Å². The average molecular weight is 195 g/mol. The first-order valence-electron chi connectivity index (χ1n) is 6.21. The summed E-state index contributed by atoms with van der Waals surface area (Å²) in [5.74, 6) is 0.944. The normalized spacial score (nSPS) is 28.4. The molecule has 0 aromatic carbocycles. The minimum atomic E-state index is 0.789. The highest BCUT2D eigenvalue weighted by Crippen LogP contribution is 2.26. The molecule has 1 aliphatic rings. The fraction of sp³-hybridized carbons (Fsp3) is 0.846. The molecule has 1 saturated carbocycles. The highest BCUT2D eigenvalue weighted by atomic mass is 14.9. The molecule has 1 aliphatic carbocycles. The monoisotopic (exact) mass is 195 g/mol. The Morgan fingerprint density at radius 1 is 1.36 bits per heavy atom. The lowest BCUT2D eigenvalue weighted by atomic mass is 9.93. The van der Waals surface area contributed by atoms with E-state index in [9.17, 15) is 0 Å². The molecule has 0 heterocycles. The summed E-state index contributed by atoms with van der Waals surface area (Å²) < 4.78 is 0. The standard InChI is InChI=1S/C13H25N/c1-3-5-8-12-9-6-7-10-13(11-12)14-4-2/h3,12-14H,1,4-11H2,2H3. The second kappa shape index (κ2) is 7.05. The van der Waals surface area contributed by atoms with Crippen molar-refractivity contribution in [1.82, 2.24) is 5.32 Å². The van der Waals surface area contributed by atoms with Gasteiger partial charge >= 0.3 is 0 Å². The predicted octanol–water partition coefficient (Wildman–Crippen LogP) is 3.51. The van der Waals surface area contributed by atoms with Gasteiger partial charge in [0.1, 0.15) is 0 Å². The van der Waals surface area contributed by atoms with Crippen molar-refractivity contribution >= 4 is 0 Å². The minimum Gasteiger partial charge on any atom is -0.314 e. The van der Waals surface area contributed by atoms with Gasteiger partial charge < -0.3 is 5.32 Å². The first-order valence-corrected chi connectivity index (χ1v) is 6.21. The quantitative estimate of drug-likeness (QED) is 0.523. The second-order valence-corrected chi connectivity index (χ2v) is 4.51. The molecule has 1 heteroatoms. The molecule has 1 fully saturated rings. The third-order valence-corrected chi connectivity index (χ3v) is 3.30. The van der Waals surface area contributed by atoms with Gasteiger partial charge in [0, 0.05) is 6.04 Å². The molecule has 0 aromatic rings. The molecule has 2 atom stereocenters. The molecule has 1 rings (SSSR count). The lowest BCUT2D eigenvalue weighted by Gasteiger charge is -2.20. The van der Waals surface area contributed by atoms with E-state index in [0.717, 1.165) is 18.5 Å². The van der Waals surface area contributed by atoms with Crippen LogP contribution in [0.5, 0.6) is 0 Å². The highest BCUT2D eigenvalue weighted by molar-refractivity contribution is 4.78. The van der Waals surface area contributed by atoms with Crippen LogP contribution >= 0.6 is 0 Å². The Labute approximate surface area is 89.0 Å². The van der Waals surface area contributed by atoms with Gasteiger partial charge in [-0.05, 0) is 38.1 Å². The lowest BCUT2D eigenvalue weighted by Crippen LogP contribution is -2.29. The summed E-state index contributed by atoms with van der Waals surface area (Å²) in [5.41, 5.74) is 0. The van der Waals surface area contributed by atoms with Crippen LogP contribution in [0, 0.1) is 5.92 Å². The Bertz CT molecular complexity index is 153. The third-order valence-electron chi connectivity index (χ3n) is 3.30. The van der Waals surface area contributed by atoms with Crippen molar-refractivity contribution in [3.63, 3.8) is 0 Å². The Kier molecular flexibility index (Phi) is 5.93. The van der Waals surface area contributed by atoms with Crippen LogP contribution in [0.25, 0.3) is 0 Å². The zero-order valence-electron chi connectivity index (χ0n) is 9.60. The van der Waals surface area contributed by atoms with E-state index in [4.69, 9.17) is 0 Å². The predicted molar refractivity (Wildman–Crippen MR) is 63.5 cm³/mol. The van der Waals surface area contributed by atoms with Gasteiger partial charge in [-0.2, -0.15) is 0 Å². The van der Waals surface area contributed by atoms with Crippen molar-refractivity contribution in [2.75, 3.05) is 6.54 Å². The van der Waals surface area contributed by atoms with Crippen LogP contribution in [0.4, 0.5) is 0 Å². The summed E-state index contributed by atoms with van der Waals surface area (Å²) in [6.45, 7) is 7.14. The maximum Gasteiger partial charge on any atom is 0.00695 e. The maximum atomic E-state index is 3.81. The van der Waals surface area contributed by atoms with Gasteiger partial charge in [0.2, 0.25) is 0 Å². The maximum absolute atomic E-state index is 3.81. The molecule has 0 aromatic heterocycles. The van der Waals surface area contributed by atoms with Crippen LogP contribution in [0.3, 0.4) is 0 Å². The van der Waals surface area contributed by atoms with Gasteiger partial charge in [-0.25, -0.2) is 0 Å². The van der Waals surface area contributed by atoms with Crippen molar-refractivity contribution in [3.8, 4) is 0 Å². The Balaban J connectivity index is 2.30. The van der Waals surface area contributed by atoms with E-state index in [1.807, 2.05) is 0 Å². The molecule has 0 spiro atoms.